The molecule has 2 heterocycles. The zero-order chi connectivity index (χ0) is 19.7. The van der Waals surface area contributed by atoms with Gasteiger partial charge in [-0.05, 0) is 34.9 Å². The molecule has 0 unspecified atom stereocenters. The Morgan fingerprint density at radius 3 is 2.86 bits per heavy atom. The van der Waals surface area contributed by atoms with E-state index in [1.807, 2.05) is 31.6 Å². The molecule has 4 rings (SSSR count). The summed E-state index contributed by atoms with van der Waals surface area (Å²) in [5.41, 5.74) is 4.01. The molecular formula is C21H21ClN4O2. The van der Waals surface area contributed by atoms with E-state index in [2.05, 4.69) is 22.5 Å². The van der Waals surface area contributed by atoms with Gasteiger partial charge in [0.05, 0.1) is 19.0 Å². The number of urea groups is 1. The van der Waals surface area contributed by atoms with Gasteiger partial charge in [-0.15, -0.1) is 0 Å². The number of amides is 2. The Balaban J connectivity index is 1.62. The average Bonchev–Trinajstić information content (AvgIpc) is 3.13. The molecule has 2 aromatic carbocycles. The predicted molar refractivity (Wildman–Crippen MR) is 109 cm³/mol. The molecule has 6 nitrogen and oxygen atoms in total. The number of ether oxygens (including phenoxy) is 1. The smallest absolute Gasteiger partial charge is 0.322 e. The highest BCUT2D eigenvalue weighted by molar-refractivity contribution is 6.31. The number of aromatic nitrogens is 2. The number of carbonyl (C=O) groups is 1. The number of hydrogen-bond acceptors (Lipinski definition) is 3. The van der Waals surface area contributed by atoms with E-state index in [0.29, 0.717) is 29.5 Å². The fraction of sp³-hybridized carbons (Fsp3) is 0.238. The molecule has 1 aromatic heterocycles. The van der Waals surface area contributed by atoms with Gasteiger partial charge in [0.15, 0.2) is 0 Å². The van der Waals surface area contributed by atoms with Crippen molar-refractivity contribution < 1.29 is 9.53 Å². The Bertz CT molecular complexity index is 1020. The third kappa shape index (κ3) is 3.55. The largest absolute Gasteiger partial charge is 0.495 e. The Morgan fingerprint density at radius 1 is 1.29 bits per heavy atom. The van der Waals surface area contributed by atoms with Gasteiger partial charge in [-0.2, -0.15) is 5.10 Å². The highest BCUT2D eigenvalue weighted by Crippen LogP contribution is 2.34. The van der Waals surface area contributed by atoms with E-state index >= 15 is 0 Å². The number of hydrogen-bond donors (Lipinski definition) is 1. The van der Waals surface area contributed by atoms with Gasteiger partial charge in [-0.1, -0.05) is 35.9 Å². The Kier molecular flexibility index (Phi) is 4.96. The molecule has 0 spiro atoms. The summed E-state index contributed by atoms with van der Waals surface area (Å²) < 4.78 is 7.12. The van der Waals surface area contributed by atoms with Gasteiger partial charge >= 0.3 is 6.03 Å². The molecule has 1 atom stereocenters. The lowest BCUT2D eigenvalue weighted by Gasteiger charge is -2.34. The normalized spacial score (nSPS) is 15.8. The fourth-order valence-electron chi connectivity index (χ4n) is 3.64. The molecule has 1 aliphatic heterocycles. The second kappa shape index (κ2) is 7.56. The number of halogens is 1. The van der Waals surface area contributed by atoms with Crippen LogP contribution in [0.25, 0.3) is 0 Å². The van der Waals surface area contributed by atoms with Crippen LogP contribution < -0.4 is 10.1 Å². The number of rotatable bonds is 3. The Labute approximate surface area is 168 Å². The minimum Gasteiger partial charge on any atom is -0.495 e. The van der Waals surface area contributed by atoms with E-state index in [0.717, 1.165) is 11.1 Å². The molecular weight excluding hydrogens is 376 g/mol. The number of aryl methyl sites for hydroxylation is 1. The molecule has 0 aliphatic carbocycles. The number of methoxy groups -OCH3 is 1. The average molecular weight is 397 g/mol. The van der Waals surface area contributed by atoms with Crippen LogP contribution in [0.1, 0.15) is 22.6 Å². The van der Waals surface area contributed by atoms with Gasteiger partial charge in [0.25, 0.3) is 0 Å². The number of fused-ring (bicyclic) bond motifs is 1. The molecule has 3 aromatic rings. The van der Waals surface area contributed by atoms with E-state index in [9.17, 15) is 4.79 Å². The van der Waals surface area contributed by atoms with Crippen molar-refractivity contribution in [1.29, 1.82) is 0 Å². The molecule has 0 saturated carbocycles. The summed E-state index contributed by atoms with van der Waals surface area (Å²) in [7, 11) is 3.46. The van der Waals surface area contributed by atoms with Crippen LogP contribution in [0.3, 0.4) is 0 Å². The number of anilines is 1. The van der Waals surface area contributed by atoms with Crippen molar-refractivity contribution in [1.82, 2.24) is 14.7 Å². The lowest BCUT2D eigenvalue weighted by atomic mass is 9.86. The Hall–Kier alpha value is -2.99. The van der Waals surface area contributed by atoms with Crippen LogP contribution in [-0.4, -0.2) is 34.4 Å². The summed E-state index contributed by atoms with van der Waals surface area (Å²) in [5, 5.41) is 7.77. The third-order valence-corrected chi connectivity index (χ3v) is 5.25. The monoisotopic (exact) mass is 396 g/mol. The van der Waals surface area contributed by atoms with Crippen molar-refractivity contribution in [2.75, 3.05) is 19.0 Å². The topological polar surface area (TPSA) is 59.4 Å². The zero-order valence-corrected chi connectivity index (χ0v) is 16.5. The van der Waals surface area contributed by atoms with Gasteiger partial charge in [0.2, 0.25) is 0 Å². The molecule has 1 N–H and O–H groups in total. The quantitative estimate of drug-likeness (QED) is 0.719. The first kappa shape index (κ1) is 18.4. The molecule has 0 radical (unpaired) electrons. The maximum Gasteiger partial charge on any atom is 0.322 e. The first-order chi connectivity index (χ1) is 13.5. The van der Waals surface area contributed by atoms with Gasteiger partial charge in [0.1, 0.15) is 5.75 Å². The summed E-state index contributed by atoms with van der Waals surface area (Å²) >= 11 is 6.09. The fourth-order valence-corrected chi connectivity index (χ4v) is 3.81. The van der Waals surface area contributed by atoms with E-state index in [4.69, 9.17) is 16.3 Å². The summed E-state index contributed by atoms with van der Waals surface area (Å²) in [6.07, 6.45) is 3.87. The zero-order valence-electron chi connectivity index (χ0n) is 15.7. The van der Waals surface area contributed by atoms with Gasteiger partial charge < -0.3 is 15.0 Å². The van der Waals surface area contributed by atoms with E-state index < -0.39 is 0 Å². The first-order valence-corrected chi connectivity index (χ1v) is 9.39. The maximum atomic E-state index is 13.0. The minimum absolute atomic E-state index is 0.0747. The maximum absolute atomic E-state index is 13.0. The van der Waals surface area contributed by atoms with Crippen LogP contribution in [0, 0.1) is 0 Å². The van der Waals surface area contributed by atoms with Crippen LogP contribution in [0.4, 0.5) is 10.5 Å². The summed E-state index contributed by atoms with van der Waals surface area (Å²) in [5.74, 6) is 0.643. The predicted octanol–water partition coefficient (Wildman–Crippen LogP) is 4.26. The van der Waals surface area contributed by atoms with Crippen LogP contribution >= 0.6 is 11.6 Å². The Morgan fingerprint density at radius 2 is 2.11 bits per heavy atom. The molecule has 7 heteroatoms. The summed E-state index contributed by atoms with van der Waals surface area (Å²) in [6.45, 7) is 1.11. The van der Waals surface area contributed by atoms with Crippen LogP contribution in [-0.2, 0) is 13.6 Å². The van der Waals surface area contributed by atoms with Gasteiger partial charge in [-0.25, -0.2) is 4.79 Å². The van der Waals surface area contributed by atoms with Crippen molar-refractivity contribution in [2.45, 2.75) is 12.5 Å². The van der Waals surface area contributed by atoms with Crippen molar-refractivity contribution in [3.63, 3.8) is 0 Å². The van der Waals surface area contributed by atoms with Crippen molar-refractivity contribution in [3.8, 4) is 5.75 Å². The SMILES string of the molecule is COc1ccc(Cl)cc1NC(=O)N1Cc2ccccc2[C@@H](c2cnn(C)c2)C1. The number of carbonyl (C=O) groups excluding carboxylic acids is 1. The molecule has 2 amide bonds. The van der Waals surface area contributed by atoms with E-state index in [1.54, 1.807) is 34.9 Å². The highest BCUT2D eigenvalue weighted by atomic mass is 35.5. The number of benzene rings is 2. The van der Waals surface area contributed by atoms with Crippen LogP contribution in [0.15, 0.2) is 54.9 Å². The second-order valence-electron chi connectivity index (χ2n) is 6.85. The third-order valence-electron chi connectivity index (χ3n) is 5.01. The van der Waals surface area contributed by atoms with E-state index in [1.165, 1.54) is 5.56 Å². The highest BCUT2D eigenvalue weighted by Gasteiger charge is 2.30. The minimum atomic E-state index is -0.191. The lowest BCUT2D eigenvalue weighted by Crippen LogP contribution is -2.41. The number of nitrogens with zero attached hydrogens (tertiary/aromatic N) is 3. The van der Waals surface area contributed by atoms with Crippen LogP contribution in [0.5, 0.6) is 5.75 Å². The molecule has 1 aliphatic rings. The molecule has 0 saturated heterocycles. The summed E-state index contributed by atoms with van der Waals surface area (Å²) in [6, 6.07) is 13.2. The van der Waals surface area contributed by atoms with Crippen molar-refractivity contribution >= 4 is 23.3 Å². The van der Waals surface area contributed by atoms with Gasteiger partial charge in [0, 0.05) is 37.3 Å². The standard InChI is InChI=1S/C21H21ClN4O2/c1-25-11-15(10-23-25)18-13-26(12-14-5-3-4-6-17(14)18)21(27)24-19-9-16(22)7-8-20(19)28-2/h3-11,18H,12-13H2,1-2H3,(H,24,27)/t18-/m1/s1. The molecule has 144 valence electrons. The van der Waals surface area contributed by atoms with Crippen molar-refractivity contribution in [3.05, 3.63) is 76.6 Å². The first-order valence-electron chi connectivity index (χ1n) is 9.01. The molecule has 0 fully saturated rings. The lowest BCUT2D eigenvalue weighted by molar-refractivity contribution is 0.202. The molecule has 0 bridgehead atoms. The second-order valence-corrected chi connectivity index (χ2v) is 7.29. The summed E-state index contributed by atoms with van der Waals surface area (Å²) in [4.78, 5) is 14.8. The van der Waals surface area contributed by atoms with E-state index in [-0.39, 0.29) is 11.9 Å². The van der Waals surface area contributed by atoms with Gasteiger partial charge in [-0.3, -0.25) is 4.68 Å². The van der Waals surface area contributed by atoms with Crippen LogP contribution in [0.2, 0.25) is 5.02 Å². The number of nitrogens with one attached hydrogen (secondary N) is 1. The molecule has 28 heavy (non-hydrogen) atoms. The van der Waals surface area contributed by atoms with Crippen molar-refractivity contribution in [2.24, 2.45) is 7.05 Å².